The molecule has 1 aromatic carbocycles. The Hall–Kier alpha value is -3.07. The van der Waals surface area contributed by atoms with Gasteiger partial charge in [0.25, 0.3) is 0 Å². The van der Waals surface area contributed by atoms with Gasteiger partial charge in [-0.15, -0.1) is 0 Å². The predicted octanol–water partition coefficient (Wildman–Crippen LogP) is 1.48. The van der Waals surface area contributed by atoms with E-state index >= 15 is 0 Å². The summed E-state index contributed by atoms with van der Waals surface area (Å²) in [6, 6.07) is 5.20. The van der Waals surface area contributed by atoms with Crippen molar-refractivity contribution in [1.82, 2.24) is 19.7 Å². The largest absolute Gasteiger partial charge is 0.465 e. The third-order valence-corrected chi connectivity index (χ3v) is 3.11. The molecule has 2 aromatic heterocycles. The van der Waals surface area contributed by atoms with Crippen molar-refractivity contribution in [2.24, 2.45) is 7.05 Å². The number of ether oxygens (including phenoxy) is 1. The Morgan fingerprint density at radius 1 is 1.38 bits per heavy atom. The Kier molecular flexibility index (Phi) is 3.16. The lowest BCUT2D eigenvalue weighted by Crippen LogP contribution is -2.00. The number of aryl methyl sites for hydroxylation is 1. The Morgan fingerprint density at radius 3 is 2.95 bits per heavy atom. The van der Waals surface area contributed by atoms with E-state index in [0.717, 1.165) is 16.6 Å². The molecule has 0 bridgehead atoms. The Balaban J connectivity index is 2.00. The van der Waals surface area contributed by atoms with Gasteiger partial charge in [-0.2, -0.15) is 5.10 Å². The van der Waals surface area contributed by atoms with Crippen molar-refractivity contribution in [2.75, 3.05) is 7.11 Å². The second-order valence-corrected chi connectivity index (χ2v) is 4.46. The molecule has 6 heteroatoms. The number of esters is 1. The van der Waals surface area contributed by atoms with Crippen LogP contribution in [0.1, 0.15) is 21.7 Å². The highest BCUT2D eigenvalue weighted by Gasteiger charge is 2.09. The number of nitrogens with one attached hydrogen (secondary N) is 1. The van der Waals surface area contributed by atoms with Crippen LogP contribution in [0, 0.1) is 11.8 Å². The molecule has 0 aliphatic heterocycles. The first-order chi connectivity index (χ1) is 10.2. The van der Waals surface area contributed by atoms with Crippen molar-refractivity contribution in [3.63, 3.8) is 0 Å². The van der Waals surface area contributed by atoms with Crippen LogP contribution in [0.15, 0.2) is 30.7 Å². The van der Waals surface area contributed by atoms with E-state index in [9.17, 15) is 4.79 Å². The number of hydrogen-bond donors (Lipinski definition) is 1. The topological polar surface area (TPSA) is 72.8 Å². The third kappa shape index (κ3) is 2.37. The number of nitrogens with zero attached hydrogens (tertiary/aromatic N) is 3. The van der Waals surface area contributed by atoms with Crippen molar-refractivity contribution in [3.05, 3.63) is 47.7 Å². The molecule has 6 nitrogen and oxygen atoms in total. The molecule has 0 spiro atoms. The molecular formula is C15H12N4O2. The average molecular weight is 280 g/mol. The van der Waals surface area contributed by atoms with Crippen LogP contribution in [-0.2, 0) is 11.8 Å². The van der Waals surface area contributed by atoms with Gasteiger partial charge in [-0.25, -0.2) is 9.78 Å². The average Bonchev–Trinajstić information content (AvgIpc) is 3.09. The molecule has 0 radical (unpaired) electrons. The quantitative estimate of drug-likeness (QED) is 0.541. The highest BCUT2D eigenvalue weighted by Crippen LogP contribution is 2.17. The number of carbonyl (C=O) groups is 1. The van der Waals surface area contributed by atoms with Crippen molar-refractivity contribution in [2.45, 2.75) is 0 Å². The molecule has 0 aliphatic rings. The lowest BCUT2D eigenvalue weighted by atomic mass is 10.1. The minimum atomic E-state index is -0.381. The van der Waals surface area contributed by atoms with Crippen LogP contribution in [0.2, 0.25) is 0 Å². The van der Waals surface area contributed by atoms with Crippen LogP contribution in [0.3, 0.4) is 0 Å². The number of hydrogen-bond acceptors (Lipinski definition) is 4. The summed E-state index contributed by atoms with van der Waals surface area (Å²) in [5, 5.41) is 7.90. The summed E-state index contributed by atoms with van der Waals surface area (Å²) < 4.78 is 6.52. The van der Waals surface area contributed by atoms with Gasteiger partial charge < -0.3 is 9.30 Å². The molecule has 0 aliphatic carbocycles. The Labute approximate surface area is 120 Å². The van der Waals surface area contributed by atoms with Crippen LogP contribution >= 0.6 is 0 Å². The SMILES string of the molecule is COC(=O)c1ccc2c(C#Cc3cncn3C)n[nH]c2c1. The van der Waals surface area contributed by atoms with Gasteiger partial charge in [-0.05, 0) is 30.0 Å². The lowest BCUT2D eigenvalue weighted by Gasteiger charge is -1.98. The van der Waals surface area contributed by atoms with E-state index in [1.54, 1.807) is 30.7 Å². The maximum absolute atomic E-state index is 11.5. The van der Waals surface area contributed by atoms with Gasteiger partial charge in [0, 0.05) is 12.4 Å². The molecule has 0 saturated carbocycles. The fraction of sp³-hybridized carbons (Fsp3) is 0.133. The minimum absolute atomic E-state index is 0.381. The number of aromatic amines is 1. The molecule has 104 valence electrons. The fourth-order valence-corrected chi connectivity index (χ4v) is 1.96. The molecule has 0 atom stereocenters. The monoisotopic (exact) mass is 280 g/mol. The number of carbonyl (C=O) groups excluding carboxylic acids is 1. The van der Waals surface area contributed by atoms with E-state index < -0.39 is 0 Å². The molecule has 1 N–H and O–H groups in total. The van der Waals surface area contributed by atoms with Crippen molar-refractivity contribution >= 4 is 16.9 Å². The summed E-state index contributed by atoms with van der Waals surface area (Å²) in [7, 11) is 3.23. The van der Waals surface area contributed by atoms with E-state index in [0.29, 0.717) is 11.3 Å². The summed E-state index contributed by atoms with van der Waals surface area (Å²) in [4.78, 5) is 15.5. The van der Waals surface area contributed by atoms with Crippen LogP contribution in [-0.4, -0.2) is 32.8 Å². The zero-order valence-corrected chi connectivity index (χ0v) is 11.5. The zero-order chi connectivity index (χ0) is 14.8. The molecular weight excluding hydrogens is 268 g/mol. The number of aromatic nitrogens is 4. The number of H-pyrrole nitrogens is 1. The highest BCUT2D eigenvalue weighted by molar-refractivity contribution is 5.95. The summed E-state index contributed by atoms with van der Waals surface area (Å²) in [6.45, 7) is 0. The van der Waals surface area contributed by atoms with Gasteiger partial charge in [0.1, 0.15) is 11.4 Å². The van der Waals surface area contributed by atoms with E-state index in [1.165, 1.54) is 7.11 Å². The molecule has 3 aromatic rings. The summed E-state index contributed by atoms with van der Waals surface area (Å²) >= 11 is 0. The third-order valence-electron chi connectivity index (χ3n) is 3.11. The van der Waals surface area contributed by atoms with Crippen LogP contribution < -0.4 is 0 Å². The normalized spacial score (nSPS) is 10.2. The number of rotatable bonds is 1. The standard InChI is InChI=1S/C15H12N4O2/c1-19-9-16-8-11(19)4-6-13-12-5-3-10(15(20)21-2)7-14(12)18-17-13/h3,5,7-9H,1-2H3,(H,17,18). The van der Waals surface area contributed by atoms with Gasteiger partial charge in [0.05, 0.1) is 30.7 Å². The smallest absolute Gasteiger partial charge is 0.337 e. The minimum Gasteiger partial charge on any atom is -0.465 e. The summed E-state index contributed by atoms with van der Waals surface area (Å²) in [6.07, 6.45) is 3.38. The van der Waals surface area contributed by atoms with Crippen LogP contribution in [0.5, 0.6) is 0 Å². The first-order valence-electron chi connectivity index (χ1n) is 6.24. The van der Waals surface area contributed by atoms with Crippen LogP contribution in [0.4, 0.5) is 0 Å². The lowest BCUT2D eigenvalue weighted by molar-refractivity contribution is 0.0601. The molecule has 0 unspecified atom stereocenters. The predicted molar refractivity (Wildman–Crippen MR) is 76.6 cm³/mol. The van der Waals surface area contributed by atoms with Gasteiger partial charge in [0.2, 0.25) is 0 Å². The van der Waals surface area contributed by atoms with Gasteiger partial charge >= 0.3 is 5.97 Å². The van der Waals surface area contributed by atoms with Crippen molar-refractivity contribution in [3.8, 4) is 11.8 Å². The highest BCUT2D eigenvalue weighted by atomic mass is 16.5. The maximum atomic E-state index is 11.5. The fourth-order valence-electron chi connectivity index (χ4n) is 1.96. The number of benzene rings is 1. The van der Waals surface area contributed by atoms with Gasteiger partial charge in [-0.1, -0.05) is 0 Å². The van der Waals surface area contributed by atoms with Crippen molar-refractivity contribution in [1.29, 1.82) is 0 Å². The van der Waals surface area contributed by atoms with E-state index in [2.05, 4.69) is 27.0 Å². The number of fused-ring (bicyclic) bond motifs is 1. The van der Waals surface area contributed by atoms with E-state index in [-0.39, 0.29) is 5.97 Å². The van der Waals surface area contributed by atoms with Gasteiger partial charge in [0.15, 0.2) is 0 Å². The second-order valence-electron chi connectivity index (χ2n) is 4.46. The number of methoxy groups -OCH3 is 1. The van der Waals surface area contributed by atoms with Gasteiger partial charge in [-0.3, -0.25) is 5.10 Å². The first-order valence-corrected chi connectivity index (χ1v) is 6.24. The van der Waals surface area contributed by atoms with E-state index in [1.807, 2.05) is 11.6 Å². The summed E-state index contributed by atoms with van der Waals surface area (Å²) in [5.41, 5.74) is 2.65. The molecule has 0 amide bonds. The number of imidazole rings is 1. The molecule has 0 fully saturated rings. The molecule has 3 rings (SSSR count). The maximum Gasteiger partial charge on any atom is 0.337 e. The first kappa shape index (κ1) is 12.9. The Morgan fingerprint density at radius 2 is 2.24 bits per heavy atom. The molecule has 0 saturated heterocycles. The zero-order valence-electron chi connectivity index (χ0n) is 11.5. The summed E-state index contributed by atoms with van der Waals surface area (Å²) in [5.74, 6) is 5.64. The van der Waals surface area contributed by atoms with Crippen LogP contribution in [0.25, 0.3) is 10.9 Å². The van der Waals surface area contributed by atoms with Crippen molar-refractivity contribution < 1.29 is 9.53 Å². The molecule has 21 heavy (non-hydrogen) atoms. The Bertz CT molecular complexity index is 880. The second kappa shape index (κ2) is 5.13. The van der Waals surface area contributed by atoms with E-state index in [4.69, 9.17) is 4.74 Å². The molecule has 2 heterocycles.